The topological polar surface area (TPSA) is 0 Å². The number of hydrogen-bond acceptors (Lipinski definition) is 1. The molecule has 0 aromatic heterocycles. The molecule has 1 atom stereocenters. The Bertz CT molecular complexity index is 325. The van der Waals surface area contributed by atoms with Gasteiger partial charge in [0.25, 0.3) is 0 Å². The maximum atomic E-state index is 2.33. The van der Waals surface area contributed by atoms with Crippen LogP contribution in [0.3, 0.4) is 0 Å². The zero-order valence-electron chi connectivity index (χ0n) is 8.63. The summed E-state index contributed by atoms with van der Waals surface area (Å²) in [6.45, 7) is 4.30. The molecule has 0 bridgehead atoms. The Hall–Kier alpha value is 0.773. The van der Waals surface area contributed by atoms with E-state index < -0.39 is 0 Å². The van der Waals surface area contributed by atoms with Crippen LogP contribution in [0, 0.1) is 0 Å². The quantitative estimate of drug-likeness (QED) is 0.475. The number of fused-ring (bicyclic) bond motifs is 1. The Labute approximate surface area is 127 Å². The average Bonchev–Trinajstić information content (AvgIpc) is 2.43. The Morgan fingerprint density at radius 2 is 2.00 bits per heavy atom. The normalized spacial score (nSPS) is 20.0. The fraction of sp³-hybridized carbons (Fsp3) is 0.273. The summed E-state index contributed by atoms with van der Waals surface area (Å²) in [5.41, 5.74) is 2.80. The third kappa shape index (κ3) is 4.65. The molecule has 0 saturated carbocycles. The Morgan fingerprint density at radius 3 is 2.53 bits per heavy atom. The number of halogens is 2. The van der Waals surface area contributed by atoms with Crippen LogP contribution in [0.1, 0.15) is 13.8 Å². The monoisotopic (exact) mass is 336 g/mol. The smallest absolute Gasteiger partial charge is 1.00 e. The molecule has 0 fully saturated rings. The largest absolute Gasteiger partial charge is 2.00 e. The van der Waals surface area contributed by atoms with E-state index in [0.29, 0.717) is 5.25 Å². The van der Waals surface area contributed by atoms with Gasteiger partial charge in [0, 0.05) is 10.2 Å². The van der Waals surface area contributed by atoms with Crippen molar-refractivity contribution in [2.24, 2.45) is 0 Å². The van der Waals surface area contributed by atoms with Gasteiger partial charge in [-0.25, -0.2) is 0 Å². The Kier molecular flexibility index (Phi) is 9.62. The molecule has 1 unspecified atom stereocenters. The van der Waals surface area contributed by atoms with Crippen LogP contribution in [0.25, 0.3) is 0 Å². The standard InChI is InChI=1S/C11H12S.2ClH.Zr/c1-8(2)6-10-7-9-4-3-5-11(9)12-10;;;/h3-7,10H,1-2H3;2*1H;/q;;;+2/p-2. The minimum absolute atomic E-state index is 0. The van der Waals surface area contributed by atoms with Gasteiger partial charge in [-0.3, -0.25) is 0 Å². The average molecular weight is 338 g/mol. The number of hydrogen-bond donors (Lipinski definition) is 0. The number of allylic oxidation sites excluding steroid dienone is 5. The van der Waals surface area contributed by atoms with Crippen LogP contribution in [0.4, 0.5) is 0 Å². The maximum absolute atomic E-state index is 2.33. The van der Waals surface area contributed by atoms with Crippen LogP contribution in [0.5, 0.6) is 0 Å². The zero-order chi connectivity index (χ0) is 8.55. The van der Waals surface area contributed by atoms with Gasteiger partial charge in [-0.05, 0) is 25.5 Å². The molecular weight excluding hydrogens is 326 g/mol. The maximum Gasteiger partial charge on any atom is 2.00 e. The fourth-order valence-electron chi connectivity index (χ4n) is 1.43. The summed E-state index contributed by atoms with van der Waals surface area (Å²) in [5.74, 6) is 0. The molecule has 1 aliphatic heterocycles. The van der Waals surface area contributed by atoms with E-state index in [2.05, 4.69) is 44.2 Å². The van der Waals surface area contributed by atoms with E-state index in [0.717, 1.165) is 0 Å². The van der Waals surface area contributed by atoms with Gasteiger partial charge >= 0.3 is 26.2 Å². The summed E-state index contributed by atoms with van der Waals surface area (Å²) in [7, 11) is 0. The van der Waals surface area contributed by atoms with E-state index in [1.807, 2.05) is 11.8 Å². The van der Waals surface area contributed by atoms with E-state index in [-0.39, 0.29) is 51.0 Å². The molecule has 0 nitrogen and oxygen atoms in total. The van der Waals surface area contributed by atoms with Crippen LogP contribution >= 0.6 is 11.8 Å². The first-order chi connectivity index (χ1) is 5.75. The van der Waals surface area contributed by atoms with Crippen molar-refractivity contribution in [1.82, 2.24) is 0 Å². The summed E-state index contributed by atoms with van der Waals surface area (Å²) in [5, 5.41) is 0.571. The predicted molar refractivity (Wildman–Crippen MR) is 56.1 cm³/mol. The third-order valence-corrected chi connectivity index (χ3v) is 3.08. The second kappa shape index (κ2) is 7.95. The minimum atomic E-state index is 0. The van der Waals surface area contributed by atoms with E-state index >= 15 is 0 Å². The molecule has 0 spiro atoms. The van der Waals surface area contributed by atoms with Gasteiger partial charge in [0.2, 0.25) is 0 Å². The van der Waals surface area contributed by atoms with Crippen LogP contribution in [-0.4, -0.2) is 5.25 Å². The zero-order valence-corrected chi connectivity index (χ0v) is 13.4. The first-order valence-electron chi connectivity index (χ1n) is 4.18. The summed E-state index contributed by atoms with van der Waals surface area (Å²) in [6, 6.07) is 0. The van der Waals surface area contributed by atoms with E-state index in [9.17, 15) is 0 Å². The van der Waals surface area contributed by atoms with Gasteiger partial charge in [-0.2, -0.15) is 0 Å². The van der Waals surface area contributed by atoms with Gasteiger partial charge in [0.1, 0.15) is 0 Å². The molecule has 0 aromatic rings. The van der Waals surface area contributed by atoms with Gasteiger partial charge in [-0.15, -0.1) is 11.8 Å². The fourth-order valence-corrected chi connectivity index (χ4v) is 2.71. The molecule has 0 N–H and O–H groups in total. The van der Waals surface area contributed by atoms with Crippen LogP contribution < -0.4 is 24.8 Å². The molecule has 4 heteroatoms. The molecule has 0 saturated heterocycles. The summed E-state index contributed by atoms with van der Waals surface area (Å²) < 4.78 is 0. The molecule has 1 heterocycles. The van der Waals surface area contributed by atoms with Crippen molar-refractivity contribution < 1.29 is 51.0 Å². The van der Waals surface area contributed by atoms with Crippen LogP contribution in [0.15, 0.2) is 46.4 Å². The summed E-state index contributed by atoms with van der Waals surface area (Å²) >= 11 is 1.94. The van der Waals surface area contributed by atoms with Crippen molar-refractivity contribution in [1.29, 1.82) is 0 Å². The van der Waals surface area contributed by atoms with Crippen molar-refractivity contribution in [3.63, 3.8) is 0 Å². The molecule has 0 amide bonds. The second-order valence-electron chi connectivity index (χ2n) is 3.34. The van der Waals surface area contributed by atoms with Gasteiger partial charge < -0.3 is 24.8 Å². The molecule has 80 valence electrons. The third-order valence-electron chi connectivity index (χ3n) is 1.91. The Morgan fingerprint density at radius 1 is 1.33 bits per heavy atom. The van der Waals surface area contributed by atoms with Crippen molar-refractivity contribution >= 4 is 11.8 Å². The molecule has 2 aliphatic rings. The van der Waals surface area contributed by atoms with E-state index in [1.54, 1.807) is 0 Å². The Balaban J connectivity index is 0. The van der Waals surface area contributed by atoms with Crippen molar-refractivity contribution in [2.75, 3.05) is 0 Å². The summed E-state index contributed by atoms with van der Waals surface area (Å²) in [4.78, 5) is 1.43. The molecule has 2 rings (SSSR count). The first kappa shape index (κ1) is 18.1. The van der Waals surface area contributed by atoms with Gasteiger partial charge in [0.15, 0.2) is 0 Å². The van der Waals surface area contributed by atoms with Crippen molar-refractivity contribution in [2.45, 2.75) is 19.1 Å². The second-order valence-corrected chi connectivity index (χ2v) is 4.56. The summed E-state index contributed by atoms with van der Waals surface area (Å²) in [6.07, 6.45) is 11.1. The van der Waals surface area contributed by atoms with E-state index in [4.69, 9.17) is 0 Å². The molecule has 0 aromatic carbocycles. The SMILES string of the molecule is CC(C)=CC1C=C2C=CC=C2S1.[Cl-].[Cl-].[Zr+2]. The van der Waals surface area contributed by atoms with E-state index in [1.165, 1.54) is 16.1 Å². The molecular formula is C11H12Cl2SZr. The molecule has 0 radical (unpaired) electrons. The van der Waals surface area contributed by atoms with Crippen molar-refractivity contribution in [3.05, 3.63) is 46.4 Å². The number of thioether (sulfide) groups is 1. The van der Waals surface area contributed by atoms with Gasteiger partial charge in [0.05, 0.1) is 0 Å². The van der Waals surface area contributed by atoms with Crippen LogP contribution in [0.2, 0.25) is 0 Å². The predicted octanol–water partition coefficient (Wildman–Crippen LogP) is -2.55. The van der Waals surface area contributed by atoms with Crippen molar-refractivity contribution in [3.8, 4) is 0 Å². The molecule has 15 heavy (non-hydrogen) atoms. The van der Waals surface area contributed by atoms with Crippen LogP contribution in [-0.2, 0) is 26.2 Å². The van der Waals surface area contributed by atoms with Gasteiger partial charge in [-0.1, -0.05) is 29.9 Å². The molecule has 1 aliphatic carbocycles. The minimum Gasteiger partial charge on any atom is -1.00 e. The number of rotatable bonds is 1. The first-order valence-corrected chi connectivity index (χ1v) is 5.06.